The van der Waals surface area contributed by atoms with Crippen molar-refractivity contribution >= 4 is 17.3 Å². The fourth-order valence-electron chi connectivity index (χ4n) is 2.23. The van der Waals surface area contributed by atoms with Gasteiger partial charge in [0.2, 0.25) is 0 Å². The highest BCUT2D eigenvalue weighted by Gasteiger charge is 2.14. The number of rotatable bonds is 7. The second-order valence-electron chi connectivity index (χ2n) is 6.93. The maximum Gasteiger partial charge on any atom is 0.0642 e. The molecule has 1 aromatic carbocycles. The number of anilines is 1. The molecule has 0 bridgehead atoms. The zero-order chi connectivity index (χ0) is 16.0. The summed E-state index contributed by atoms with van der Waals surface area (Å²) in [4.78, 5) is 4.48. The lowest BCUT2D eigenvalue weighted by Gasteiger charge is -2.27. The van der Waals surface area contributed by atoms with Crippen LogP contribution in [0.5, 0.6) is 0 Å². The van der Waals surface area contributed by atoms with Gasteiger partial charge in [-0.15, -0.1) is 0 Å². The monoisotopic (exact) mass is 311 g/mol. The van der Waals surface area contributed by atoms with E-state index in [0.717, 1.165) is 36.8 Å². The van der Waals surface area contributed by atoms with Crippen LogP contribution in [0.15, 0.2) is 18.2 Å². The smallest absolute Gasteiger partial charge is 0.0642 e. The Morgan fingerprint density at radius 3 is 2.33 bits per heavy atom. The minimum Gasteiger partial charge on any atom is -0.373 e. The highest BCUT2D eigenvalue weighted by atomic mass is 35.5. The van der Waals surface area contributed by atoms with E-state index >= 15 is 0 Å². The number of hydrogen-bond donors (Lipinski definition) is 1. The standard InChI is InChI=1S/C17H30ClN3/c1-17(2,3)19-13-14-9-7-10-15(18)16(14)21(6)12-8-11-20(4)5/h7,9-10,19H,8,11-13H2,1-6H3. The zero-order valence-corrected chi connectivity index (χ0v) is 15.1. The van der Waals surface area contributed by atoms with Crippen LogP contribution in [-0.4, -0.2) is 44.7 Å². The molecule has 0 atom stereocenters. The lowest BCUT2D eigenvalue weighted by atomic mass is 10.1. The van der Waals surface area contributed by atoms with E-state index in [2.05, 4.69) is 63.1 Å². The van der Waals surface area contributed by atoms with E-state index in [1.165, 1.54) is 5.56 Å². The van der Waals surface area contributed by atoms with Gasteiger partial charge in [-0.1, -0.05) is 23.7 Å². The van der Waals surface area contributed by atoms with Gasteiger partial charge in [0.25, 0.3) is 0 Å². The summed E-state index contributed by atoms with van der Waals surface area (Å²) in [5.74, 6) is 0. The predicted molar refractivity (Wildman–Crippen MR) is 94.5 cm³/mol. The van der Waals surface area contributed by atoms with Gasteiger partial charge in [-0.2, -0.15) is 0 Å². The van der Waals surface area contributed by atoms with Gasteiger partial charge < -0.3 is 15.1 Å². The molecule has 120 valence electrons. The number of hydrogen-bond acceptors (Lipinski definition) is 3. The Morgan fingerprint density at radius 1 is 1.10 bits per heavy atom. The van der Waals surface area contributed by atoms with Crippen LogP contribution < -0.4 is 10.2 Å². The minimum atomic E-state index is 0.100. The van der Waals surface area contributed by atoms with Crippen molar-refractivity contribution in [2.24, 2.45) is 0 Å². The van der Waals surface area contributed by atoms with Gasteiger partial charge in [-0.25, -0.2) is 0 Å². The molecular weight excluding hydrogens is 282 g/mol. The Hall–Kier alpha value is -0.770. The Labute approximate surface area is 135 Å². The van der Waals surface area contributed by atoms with Gasteiger partial charge in [-0.05, 0) is 59.5 Å². The molecule has 0 spiro atoms. The first-order valence-electron chi connectivity index (χ1n) is 7.59. The molecule has 1 rings (SSSR count). The molecule has 21 heavy (non-hydrogen) atoms. The van der Waals surface area contributed by atoms with Gasteiger partial charge >= 0.3 is 0 Å². The molecule has 1 aromatic rings. The molecule has 0 aliphatic heterocycles. The molecule has 0 aliphatic carbocycles. The second-order valence-corrected chi connectivity index (χ2v) is 7.34. The average Bonchev–Trinajstić information content (AvgIpc) is 2.34. The summed E-state index contributed by atoms with van der Waals surface area (Å²) in [5.41, 5.74) is 2.50. The third-order valence-electron chi connectivity index (χ3n) is 3.36. The maximum atomic E-state index is 6.44. The molecule has 0 radical (unpaired) electrons. The Morgan fingerprint density at radius 2 is 1.76 bits per heavy atom. The largest absolute Gasteiger partial charge is 0.373 e. The van der Waals surface area contributed by atoms with Crippen molar-refractivity contribution in [3.05, 3.63) is 28.8 Å². The van der Waals surface area contributed by atoms with Crippen molar-refractivity contribution < 1.29 is 0 Å². The summed E-state index contributed by atoms with van der Waals surface area (Å²) < 4.78 is 0. The Kier molecular flexibility index (Phi) is 6.98. The first kappa shape index (κ1) is 18.3. The van der Waals surface area contributed by atoms with Crippen LogP contribution in [0.1, 0.15) is 32.8 Å². The van der Waals surface area contributed by atoms with Crippen molar-refractivity contribution in [3.63, 3.8) is 0 Å². The fraction of sp³-hybridized carbons (Fsp3) is 0.647. The molecule has 0 aromatic heterocycles. The molecule has 0 amide bonds. The summed E-state index contributed by atoms with van der Waals surface area (Å²) in [5, 5.41) is 4.37. The number of benzene rings is 1. The van der Waals surface area contributed by atoms with Crippen molar-refractivity contribution in [3.8, 4) is 0 Å². The normalized spacial score (nSPS) is 12.0. The third-order valence-corrected chi connectivity index (χ3v) is 3.67. The van der Waals surface area contributed by atoms with Gasteiger partial charge in [0, 0.05) is 25.7 Å². The minimum absolute atomic E-state index is 0.100. The topological polar surface area (TPSA) is 18.5 Å². The number of halogens is 1. The Balaban J connectivity index is 2.79. The van der Waals surface area contributed by atoms with Crippen molar-refractivity contribution in [1.29, 1.82) is 0 Å². The quantitative estimate of drug-likeness (QED) is 0.830. The third kappa shape index (κ3) is 6.68. The van der Waals surface area contributed by atoms with Crippen LogP contribution in [0.2, 0.25) is 5.02 Å². The van der Waals surface area contributed by atoms with E-state index in [-0.39, 0.29) is 5.54 Å². The summed E-state index contributed by atoms with van der Waals surface area (Å²) in [6.45, 7) is 9.46. The van der Waals surface area contributed by atoms with Crippen LogP contribution in [0.25, 0.3) is 0 Å². The van der Waals surface area contributed by atoms with Crippen molar-refractivity contribution in [2.75, 3.05) is 39.1 Å². The van der Waals surface area contributed by atoms with Crippen LogP contribution in [0.4, 0.5) is 5.69 Å². The van der Waals surface area contributed by atoms with Crippen LogP contribution in [-0.2, 0) is 6.54 Å². The van der Waals surface area contributed by atoms with E-state index in [4.69, 9.17) is 11.6 Å². The van der Waals surface area contributed by atoms with Gasteiger partial charge in [0.15, 0.2) is 0 Å². The molecule has 0 unspecified atom stereocenters. The SMILES string of the molecule is CN(C)CCCN(C)c1c(Cl)cccc1CNC(C)(C)C. The Bertz CT molecular complexity index is 438. The molecule has 1 N–H and O–H groups in total. The molecule has 0 saturated carbocycles. The van der Waals surface area contributed by atoms with Crippen LogP contribution in [0, 0.1) is 0 Å². The van der Waals surface area contributed by atoms with Crippen LogP contribution >= 0.6 is 11.6 Å². The fourth-order valence-corrected chi connectivity index (χ4v) is 2.56. The summed E-state index contributed by atoms with van der Waals surface area (Å²) in [7, 11) is 6.33. The van der Waals surface area contributed by atoms with Crippen molar-refractivity contribution in [2.45, 2.75) is 39.3 Å². The predicted octanol–water partition coefficient (Wildman–Crippen LogP) is 3.62. The number of nitrogens with zero attached hydrogens (tertiary/aromatic N) is 2. The first-order chi connectivity index (χ1) is 9.70. The highest BCUT2D eigenvalue weighted by Crippen LogP contribution is 2.29. The molecule has 3 nitrogen and oxygen atoms in total. The summed E-state index contributed by atoms with van der Waals surface area (Å²) in [6.07, 6.45) is 1.13. The molecule has 4 heteroatoms. The molecule has 0 saturated heterocycles. The van der Waals surface area contributed by atoms with E-state index < -0.39 is 0 Å². The molecule has 0 aliphatic rings. The van der Waals surface area contributed by atoms with E-state index in [1.807, 2.05) is 12.1 Å². The summed E-state index contributed by atoms with van der Waals surface area (Å²) >= 11 is 6.44. The second kappa shape index (κ2) is 8.02. The van der Waals surface area contributed by atoms with Gasteiger partial charge in [0.1, 0.15) is 0 Å². The molecule has 0 fully saturated rings. The number of para-hydroxylation sites is 1. The van der Waals surface area contributed by atoms with Gasteiger partial charge in [0.05, 0.1) is 10.7 Å². The van der Waals surface area contributed by atoms with Gasteiger partial charge in [-0.3, -0.25) is 0 Å². The molecular formula is C17H30ClN3. The lowest BCUT2D eigenvalue weighted by Crippen LogP contribution is -2.35. The zero-order valence-electron chi connectivity index (χ0n) is 14.3. The lowest BCUT2D eigenvalue weighted by molar-refractivity contribution is 0.401. The van der Waals surface area contributed by atoms with E-state index in [1.54, 1.807) is 0 Å². The first-order valence-corrected chi connectivity index (χ1v) is 7.97. The number of nitrogens with one attached hydrogen (secondary N) is 1. The summed E-state index contributed by atoms with van der Waals surface area (Å²) in [6, 6.07) is 6.15. The molecule has 0 heterocycles. The van der Waals surface area contributed by atoms with E-state index in [0.29, 0.717) is 0 Å². The highest BCUT2D eigenvalue weighted by molar-refractivity contribution is 6.33. The maximum absolute atomic E-state index is 6.44. The van der Waals surface area contributed by atoms with E-state index in [9.17, 15) is 0 Å². The van der Waals surface area contributed by atoms with Crippen LogP contribution in [0.3, 0.4) is 0 Å². The van der Waals surface area contributed by atoms with Crippen molar-refractivity contribution in [1.82, 2.24) is 10.2 Å². The average molecular weight is 312 g/mol.